The van der Waals surface area contributed by atoms with E-state index in [9.17, 15) is 4.79 Å². The van der Waals surface area contributed by atoms with Gasteiger partial charge in [-0.2, -0.15) is 0 Å². The molecule has 4 nitrogen and oxygen atoms in total. The molecule has 0 aliphatic carbocycles. The number of fused-ring (bicyclic) bond motifs is 1. The summed E-state index contributed by atoms with van der Waals surface area (Å²) >= 11 is 12.2. The van der Waals surface area contributed by atoms with Gasteiger partial charge in [-0.05, 0) is 52.9 Å². The Morgan fingerprint density at radius 1 is 1.07 bits per heavy atom. The summed E-state index contributed by atoms with van der Waals surface area (Å²) in [6.45, 7) is 1.10. The van der Waals surface area contributed by atoms with Crippen LogP contribution in [0.2, 0.25) is 10.0 Å². The maximum Gasteiger partial charge on any atom is 0.240 e. The average molecular weight is 441 g/mol. The Morgan fingerprint density at radius 2 is 1.83 bits per heavy atom. The van der Waals surface area contributed by atoms with Crippen molar-refractivity contribution in [2.45, 2.75) is 25.6 Å². The molecule has 1 aliphatic rings. The highest BCUT2D eigenvalue weighted by atomic mass is 35.5. The number of methoxy groups -OCH3 is 1. The largest absolute Gasteiger partial charge is 0.496 e. The number of carbonyl (C=O) groups excluding carboxylic acids is 1. The number of hydrogen-bond donors (Lipinski definition) is 1. The van der Waals surface area contributed by atoms with E-state index in [4.69, 9.17) is 33.7 Å². The van der Waals surface area contributed by atoms with Crippen molar-refractivity contribution in [2.24, 2.45) is 5.73 Å². The number of hydrogen-bond acceptors (Lipinski definition) is 3. The summed E-state index contributed by atoms with van der Waals surface area (Å²) in [5, 5.41) is 1.08. The van der Waals surface area contributed by atoms with Crippen molar-refractivity contribution in [1.29, 1.82) is 0 Å². The number of nitrogens with two attached hydrogens (primary N) is 1. The van der Waals surface area contributed by atoms with Gasteiger partial charge in [0.1, 0.15) is 5.75 Å². The maximum atomic E-state index is 13.0. The topological polar surface area (TPSA) is 55.6 Å². The molecule has 4 rings (SSSR count). The van der Waals surface area contributed by atoms with Gasteiger partial charge >= 0.3 is 0 Å². The minimum absolute atomic E-state index is 0.0870. The minimum Gasteiger partial charge on any atom is -0.496 e. The molecule has 3 aromatic carbocycles. The van der Waals surface area contributed by atoms with Gasteiger partial charge in [0.05, 0.1) is 13.2 Å². The molecule has 0 fully saturated rings. The monoisotopic (exact) mass is 440 g/mol. The third-order valence-corrected chi connectivity index (χ3v) is 6.02. The zero-order valence-corrected chi connectivity index (χ0v) is 18.1. The third kappa shape index (κ3) is 4.17. The van der Waals surface area contributed by atoms with Crippen LogP contribution >= 0.6 is 23.2 Å². The van der Waals surface area contributed by atoms with Crippen LogP contribution < -0.4 is 10.5 Å². The Labute approximate surface area is 186 Å². The normalized spacial score (nSPS) is 13.8. The Hall–Kier alpha value is -2.53. The highest BCUT2D eigenvalue weighted by Crippen LogP contribution is 2.33. The van der Waals surface area contributed by atoms with Gasteiger partial charge in [0.25, 0.3) is 0 Å². The summed E-state index contributed by atoms with van der Waals surface area (Å²) in [5.74, 6) is 0.737. The van der Waals surface area contributed by atoms with Crippen LogP contribution in [-0.2, 0) is 24.3 Å². The standard InChI is InChI=1S/C24H22Cl2N2O2/c1-30-23-5-3-2-4-20(23)15-6-7-17-13-28(14-18(17)10-15)24(29)22(27)11-16-8-9-19(25)12-21(16)26/h2-10,12,22H,11,13-14,27H2,1H3. The number of nitrogens with zero attached hydrogens (tertiary/aromatic N) is 1. The van der Waals surface area contributed by atoms with Crippen LogP contribution in [0.25, 0.3) is 11.1 Å². The highest BCUT2D eigenvalue weighted by molar-refractivity contribution is 6.35. The zero-order valence-electron chi connectivity index (χ0n) is 16.6. The van der Waals surface area contributed by atoms with E-state index in [-0.39, 0.29) is 5.91 Å². The molecule has 1 unspecified atom stereocenters. The molecule has 0 saturated carbocycles. The van der Waals surface area contributed by atoms with Gasteiger partial charge in [-0.25, -0.2) is 0 Å². The number of carbonyl (C=O) groups is 1. The molecule has 2 N–H and O–H groups in total. The first-order chi connectivity index (χ1) is 14.5. The molecular weight excluding hydrogens is 419 g/mol. The van der Waals surface area contributed by atoms with Crippen LogP contribution in [0.1, 0.15) is 16.7 Å². The van der Waals surface area contributed by atoms with Crippen LogP contribution in [0.5, 0.6) is 5.75 Å². The van der Waals surface area contributed by atoms with E-state index in [1.807, 2.05) is 30.3 Å². The summed E-state index contributed by atoms with van der Waals surface area (Å²) in [7, 11) is 1.67. The molecular formula is C24H22Cl2N2O2. The second-order valence-corrected chi connectivity index (χ2v) is 8.27. The lowest BCUT2D eigenvalue weighted by molar-refractivity contribution is -0.133. The van der Waals surface area contributed by atoms with Gasteiger partial charge < -0.3 is 15.4 Å². The Kier molecular flexibility index (Phi) is 6.00. The molecule has 0 radical (unpaired) electrons. The van der Waals surface area contributed by atoms with Crippen molar-refractivity contribution in [3.05, 3.63) is 87.4 Å². The molecule has 0 aromatic heterocycles. The van der Waals surface area contributed by atoms with Crippen LogP contribution in [0.3, 0.4) is 0 Å². The Bertz CT molecular complexity index is 1100. The average Bonchev–Trinajstić information content (AvgIpc) is 3.18. The van der Waals surface area contributed by atoms with Gasteiger partial charge in [0.2, 0.25) is 5.91 Å². The fourth-order valence-corrected chi connectivity index (χ4v) is 4.33. The third-order valence-electron chi connectivity index (χ3n) is 5.43. The molecule has 154 valence electrons. The molecule has 1 atom stereocenters. The van der Waals surface area contributed by atoms with Gasteiger partial charge in [-0.3, -0.25) is 4.79 Å². The van der Waals surface area contributed by atoms with E-state index < -0.39 is 6.04 Å². The predicted molar refractivity (Wildman–Crippen MR) is 121 cm³/mol. The van der Waals surface area contributed by atoms with Gasteiger partial charge in [0, 0.05) is 28.7 Å². The van der Waals surface area contributed by atoms with E-state index in [1.54, 1.807) is 24.1 Å². The Morgan fingerprint density at radius 3 is 2.60 bits per heavy atom. The number of benzene rings is 3. The molecule has 30 heavy (non-hydrogen) atoms. The fourth-order valence-electron chi connectivity index (χ4n) is 3.85. The highest BCUT2D eigenvalue weighted by Gasteiger charge is 2.28. The molecule has 1 heterocycles. The molecule has 1 aliphatic heterocycles. The fraction of sp³-hybridized carbons (Fsp3) is 0.208. The first-order valence-electron chi connectivity index (χ1n) is 9.69. The minimum atomic E-state index is -0.660. The SMILES string of the molecule is COc1ccccc1-c1ccc2c(c1)CN(C(=O)C(N)Cc1ccc(Cl)cc1Cl)C2. The van der Waals surface area contributed by atoms with Crippen molar-refractivity contribution in [3.8, 4) is 16.9 Å². The van der Waals surface area contributed by atoms with Crippen molar-refractivity contribution < 1.29 is 9.53 Å². The maximum absolute atomic E-state index is 13.0. The second kappa shape index (κ2) is 8.68. The summed E-state index contributed by atoms with van der Waals surface area (Å²) in [5.41, 5.74) is 11.4. The Balaban J connectivity index is 1.49. The molecule has 1 amide bonds. The molecule has 3 aromatic rings. The van der Waals surface area contributed by atoms with Gasteiger partial charge in [0.15, 0.2) is 0 Å². The quantitative estimate of drug-likeness (QED) is 0.601. The number of para-hydroxylation sites is 1. The molecule has 6 heteroatoms. The van der Waals surface area contributed by atoms with Crippen molar-refractivity contribution >= 4 is 29.1 Å². The van der Waals surface area contributed by atoms with E-state index in [0.29, 0.717) is 29.6 Å². The lowest BCUT2D eigenvalue weighted by Gasteiger charge is -2.20. The predicted octanol–water partition coefficient (Wildman–Crippen LogP) is 5.08. The first-order valence-corrected chi connectivity index (χ1v) is 10.5. The molecule has 0 saturated heterocycles. The van der Waals surface area contributed by atoms with E-state index >= 15 is 0 Å². The molecule has 0 spiro atoms. The lowest BCUT2D eigenvalue weighted by Crippen LogP contribution is -2.42. The van der Waals surface area contributed by atoms with Crippen molar-refractivity contribution in [2.75, 3.05) is 7.11 Å². The second-order valence-electron chi connectivity index (χ2n) is 7.42. The summed E-state index contributed by atoms with van der Waals surface area (Å²) < 4.78 is 5.48. The number of halogens is 2. The van der Waals surface area contributed by atoms with E-state index in [2.05, 4.69) is 18.2 Å². The zero-order chi connectivity index (χ0) is 21.3. The number of amides is 1. The van der Waals surface area contributed by atoms with Crippen molar-refractivity contribution in [1.82, 2.24) is 4.90 Å². The number of ether oxygens (including phenoxy) is 1. The van der Waals surface area contributed by atoms with Crippen LogP contribution in [0.4, 0.5) is 0 Å². The summed E-state index contributed by atoms with van der Waals surface area (Å²) in [4.78, 5) is 14.8. The van der Waals surface area contributed by atoms with Gasteiger partial charge in [-0.1, -0.05) is 59.6 Å². The van der Waals surface area contributed by atoms with Gasteiger partial charge in [-0.15, -0.1) is 0 Å². The van der Waals surface area contributed by atoms with E-state index in [1.165, 1.54) is 0 Å². The van der Waals surface area contributed by atoms with Crippen molar-refractivity contribution in [3.63, 3.8) is 0 Å². The first kappa shape index (κ1) is 20.7. The van der Waals surface area contributed by atoms with Crippen LogP contribution in [-0.4, -0.2) is 24.0 Å². The van der Waals surface area contributed by atoms with Crippen LogP contribution in [0.15, 0.2) is 60.7 Å². The van der Waals surface area contributed by atoms with Crippen LogP contribution in [0, 0.1) is 0 Å². The van der Waals surface area contributed by atoms with E-state index in [0.717, 1.165) is 33.6 Å². The molecule has 0 bridgehead atoms. The summed E-state index contributed by atoms with van der Waals surface area (Å²) in [6, 6.07) is 18.8. The number of rotatable bonds is 5. The lowest BCUT2D eigenvalue weighted by atomic mass is 10.00. The summed E-state index contributed by atoms with van der Waals surface area (Å²) in [6.07, 6.45) is 0.369. The smallest absolute Gasteiger partial charge is 0.240 e.